The lowest BCUT2D eigenvalue weighted by Crippen LogP contribution is -2.49. The Morgan fingerprint density at radius 2 is 2.00 bits per heavy atom. The molecule has 1 amide bonds. The molecule has 7 heteroatoms. The first kappa shape index (κ1) is 21.0. The van der Waals surface area contributed by atoms with E-state index in [2.05, 4.69) is 22.4 Å². The molecule has 0 radical (unpaired) electrons. The van der Waals surface area contributed by atoms with E-state index in [1.54, 1.807) is 12.3 Å². The molecule has 2 atom stereocenters. The van der Waals surface area contributed by atoms with Crippen LogP contribution in [0.2, 0.25) is 0 Å². The first-order valence-electron chi connectivity index (χ1n) is 10.3. The molecule has 0 unspecified atom stereocenters. The number of nitriles is 1. The zero-order valence-corrected chi connectivity index (χ0v) is 18.6. The number of pyridine rings is 1. The van der Waals surface area contributed by atoms with Crippen LogP contribution < -0.4 is 4.74 Å². The number of carbonyl (C=O) groups is 1. The summed E-state index contributed by atoms with van der Waals surface area (Å²) in [6.45, 7) is 6.27. The summed E-state index contributed by atoms with van der Waals surface area (Å²) < 4.78 is 10.6. The highest BCUT2D eigenvalue weighted by atomic mass is 32.1. The van der Waals surface area contributed by atoms with Crippen LogP contribution in [-0.4, -0.2) is 38.9 Å². The minimum Gasteiger partial charge on any atom is -0.472 e. The van der Waals surface area contributed by atoms with Crippen LogP contribution in [0, 0.1) is 25.2 Å². The van der Waals surface area contributed by atoms with E-state index in [-0.39, 0.29) is 18.1 Å². The van der Waals surface area contributed by atoms with Gasteiger partial charge in [-0.2, -0.15) is 9.64 Å². The van der Waals surface area contributed by atoms with E-state index in [0.717, 1.165) is 34.5 Å². The van der Waals surface area contributed by atoms with Crippen LogP contribution in [0.15, 0.2) is 42.6 Å². The molecule has 3 heterocycles. The fourth-order valence-electron chi connectivity index (χ4n) is 3.92. The summed E-state index contributed by atoms with van der Waals surface area (Å²) in [6.07, 6.45) is 3.08. The standard InChI is InChI=1S/C24H24N4O2S/c1-15-9-10-20(30-23-16(2)19(13-25)11-12-26-23)14-28(15)24(29)21-17(3)27-31-22(21)18-7-5-4-6-8-18/h4-8,11-12,15,20H,9-10,14H2,1-3H3/t15-,20-/m1/s1. The SMILES string of the molecule is Cc1nsc(-c2ccccc2)c1C(=O)N1C[C@H](Oc2nccc(C#N)c2C)CC[C@H]1C. The molecule has 0 aliphatic carbocycles. The van der Waals surface area contributed by atoms with Crippen LogP contribution >= 0.6 is 11.5 Å². The number of aryl methyl sites for hydroxylation is 1. The lowest BCUT2D eigenvalue weighted by molar-refractivity contribution is 0.0371. The van der Waals surface area contributed by atoms with Crippen molar-refractivity contribution in [2.24, 2.45) is 0 Å². The van der Waals surface area contributed by atoms with Crippen LogP contribution in [0.4, 0.5) is 0 Å². The van der Waals surface area contributed by atoms with E-state index in [4.69, 9.17) is 4.74 Å². The van der Waals surface area contributed by atoms with Gasteiger partial charge in [0.1, 0.15) is 6.10 Å². The van der Waals surface area contributed by atoms with Gasteiger partial charge in [-0.05, 0) is 56.8 Å². The molecule has 31 heavy (non-hydrogen) atoms. The number of hydrogen-bond donors (Lipinski definition) is 0. The van der Waals surface area contributed by atoms with E-state index in [1.165, 1.54) is 11.5 Å². The average molecular weight is 433 g/mol. The highest BCUT2D eigenvalue weighted by Crippen LogP contribution is 2.33. The number of aromatic nitrogens is 2. The number of hydrogen-bond acceptors (Lipinski definition) is 6. The second-order valence-electron chi connectivity index (χ2n) is 7.86. The summed E-state index contributed by atoms with van der Waals surface area (Å²) >= 11 is 1.36. The van der Waals surface area contributed by atoms with Gasteiger partial charge in [0.2, 0.25) is 5.88 Å². The smallest absolute Gasteiger partial charge is 0.257 e. The highest BCUT2D eigenvalue weighted by molar-refractivity contribution is 7.10. The normalized spacial score (nSPS) is 18.5. The fourth-order valence-corrected chi connectivity index (χ4v) is 4.81. The van der Waals surface area contributed by atoms with Gasteiger partial charge < -0.3 is 9.64 Å². The third-order valence-corrected chi connectivity index (χ3v) is 6.76. The Hall–Kier alpha value is -3.24. The summed E-state index contributed by atoms with van der Waals surface area (Å²) in [6, 6.07) is 13.9. The zero-order chi connectivity index (χ0) is 22.0. The molecule has 0 N–H and O–H groups in total. The van der Waals surface area contributed by atoms with Crippen molar-refractivity contribution in [3.8, 4) is 22.4 Å². The number of likely N-dealkylation sites (tertiary alicyclic amines) is 1. The Balaban J connectivity index is 1.58. The number of ether oxygens (including phenoxy) is 1. The number of piperidine rings is 1. The molecule has 1 aromatic carbocycles. The Morgan fingerprint density at radius 1 is 1.23 bits per heavy atom. The van der Waals surface area contributed by atoms with Crippen molar-refractivity contribution in [3.63, 3.8) is 0 Å². The van der Waals surface area contributed by atoms with Gasteiger partial charge in [-0.15, -0.1) is 0 Å². The van der Waals surface area contributed by atoms with Gasteiger partial charge in [-0.1, -0.05) is 30.3 Å². The topological polar surface area (TPSA) is 79.1 Å². The van der Waals surface area contributed by atoms with Gasteiger partial charge in [0.15, 0.2) is 0 Å². The maximum atomic E-state index is 13.6. The molecule has 1 aliphatic rings. The second kappa shape index (κ2) is 8.86. The second-order valence-corrected chi connectivity index (χ2v) is 8.64. The Bertz CT molecular complexity index is 1140. The monoisotopic (exact) mass is 432 g/mol. The van der Waals surface area contributed by atoms with Crippen molar-refractivity contribution in [3.05, 3.63) is 65.0 Å². The molecule has 1 fully saturated rings. The molecule has 3 aromatic rings. The van der Waals surface area contributed by atoms with Crippen LogP contribution in [0.25, 0.3) is 10.4 Å². The number of amides is 1. The quantitative estimate of drug-likeness (QED) is 0.594. The third-order valence-electron chi connectivity index (χ3n) is 5.77. The summed E-state index contributed by atoms with van der Waals surface area (Å²) in [5.74, 6) is 0.450. The van der Waals surface area contributed by atoms with Crippen molar-refractivity contribution in [2.75, 3.05) is 6.54 Å². The molecule has 1 aliphatic heterocycles. The van der Waals surface area contributed by atoms with E-state index in [1.807, 2.05) is 49.1 Å². The third kappa shape index (κ3) is 4.17. The number of rotatable bonds is 4. The van der Waals surface area contributed by atoms with Crippen molar-refractivity contribution in [1.29, 1.82) is 5.26 Å². The molecule has 1 saturated heterocycles. The first-order chi connectivity index (χ1) is 15.0. The molecule has 4 rings (SSSR count). The summed E-state index contributed by atoms with van der Waals surface area (Å²) in [4.78, 5) is 20.7. The first-order valence-corrected chi connectivity index (χ1v) is 11.1. The summed E-state index contributed by atoms with van der Waals surface area (Å²) in [5, 5.41) is 9.26. The van der Waals surface area contributed by atoms with Gasteiger partial charge >= 0.3 is 0 Å². The molecule has 6 nitrogen and oxygen atoms in total. The van der Waals surface area contributed by atoms with Gasteiger partial charge in [0.05, 0.1) is 34.3 Å². The van der Waals surface area contributed by atoms with Gasteiger partial charge in [0, 0.05) is 17.8 Å². The maximum absolute atomic E-state index is 13.6. The lowest BCUT2D eigenvalue weighted by Gasteiger charge is -2.38. The van der Waals surface area contributed by atoms with E-state index in [0.29, 0.717) is 23.6 Å². The molecule has 0 saturated carbocycles. The number of carbonyl (C=O) groups excluding carboxylic acids is 1. The molecular formula is C24H24N4O2S. The van der Waals surface area contributed by atoms with Crippen LogP contribution in [0.5, 0.6) is 5.88 Å². The van der Waals surface area contributed by atoms with Crippen LogP contribution in [0.3, 0.4) is 0 Å². The van der Waals surface area contributed by atoms with Crippen molar-refractivity contribution < 1.29 is 9.53 Å². The Labute approximate surface area is 186 Å². The minimum absolute atomic E-state index is 0.0126. The molecular weight excluding hydrogens is 408 g/mol. The van der Waals surface area contributed by atoms with Gasteiger partial charge in [-0.3, -0.25) is 4.79 Å². The summed E-state index contributed by atoms with van der Waals surface area (Å²) in [5.41, 5.74) is 3.70. The minimum atomic E-state index is -0.174. The number of nitrogens with zero attached hydrogens (tertiary/aromatic N) is 4. The number of benzene rings is 1. The Kier molecular flexibility index (Phi) is 6.01. The van der Waals surface area contributed by atoms with Crippen molar-refractivity contribution >= 4 is 17.4 Å². The van der Waals surface area contributed by atoms with E-state index < -0.39 is 0 Å². The van der Waals surface area contributed by atoms with Crippen molar-refractivity contribution in [1.82, 2.24) is 14.3 Å². The predicted molar refractivity (Wildman–Crippen MR) is 120 cm³/mol. The largest absolute Gasteiger partial charge is 0.472 e. The van der Waals surface area contributed by atoms with Gasteiger partial charge in [0.25, 0.3) is 5.91 Å². The molecule has 0 bridgehead atoms. The zero-order valence-electron chi connectivity index (χ0n) is 17.8. The van der Waals surface area contributed by atoms with Crippen LogP contribution in [-0.2, 0) is 0 Å². The lowest BCUT2D eigenvalue weighted by atomic mass is 9.98. The molecule has 2 aromatic heterocycles. The maximum Gasteiger partial charge on any atom is 0.257 e. The van der Waals surface area contributed by atoms with E-state index >= 15 is 0 Å². The molecule has 158 valence electrons. The average Bonchev–Trinajstić information content (AvgIpc) is 3.18. The predicted octanol–water partition coefficient (Wildman–Crippen LogP) is 4.77. The van der Waals surface area contributed by atoms with E-state index in [9.17, 15) is 10.1 Å². The highest BCUT2D eigenvalue weighted by Gasteiger charge is 2.34. The van der Waals surface area contributed by atoms with Crippen molar-refractivity contribution in [2.45, 2.75) is 45.8 Å². The van der Waals surface area contributed by atoms with Crippen LogP contribution in [0.1, 0.15) is 46.9 Å². The fraction of sp³-hybridized carbons (Fsp3) is 0.333. The summed E-state index contributed by atoms with van der Waals surface area (Å²) in [7, 11) is 0. The Morgan fingerprint density at radius 3 is 2.74 bits per heavy atom. The van der Waals surface area contributed by atoms with Gasteiger partial charge in [-0.25, -0.2) is 4.98 Å². The molecule has 0 spiro atoms.